The van der Waals surface area contributed by atoms with E-state index in [2.05, 4.69) is 5.16 Å². The Morgan fingerprint density at radius 1 is 1.04 bits per heavy atom. The molecule has 0 spiro atoms. The normalized spacial score (nSPS) is 10.8. The van der Waals surface area contributed by atoms with Crippen LogP contribution in [0.15, 0.2) is 51.6 Å². The lowest BCUT2D eigenvalue weighted by atomic mass is 10.1. The minimum absolute atomic E-state index is 0.0313. The van der Waals surface area contributed by atoms with Crippen LogP contribution in [0.1, 0.15) is 11.3 Å². The molecule has 0 aliphatic heterocycles. The van der Waals surface area contributed by atoms with E-state index in [0.717, 1.165) is 0 Å². The number of furan rings is 1. The van der Waals surface area contributed by atoms with E-state index in [9.17, 15) is 4.79 Å². The lowest BCUT2D eigenvalue weighted by Gasteiger charge is -2.12. The van der Waals surface area contributed by atoms with E-state index in [1.165, 1.54) is 33.7 Å². The Kier molecular flexibility index (Phi) is 6.01. The highest BCUT2D eigenvalue weighted by atomic mass is 16.5. The highest BCUT2D eigenvalue weighted by Crippen LogP contribution is 2.35. The highest BCUT2D eigenvalue weighted by Gasteiger charge is 2.12. The van der Waals surface area contributed by atoms with Crippen molar-refractivity contribution >= 4 is 12.0 Å². The molecule has 0 N–H and O–H groups in total. The monoisotopic (exact) mass is 385 g/mol. The first-order valence-corrected chi connectivity index (χ1v) is 8.29. The second-order valence-corrected chi connectivity index (χ2v) is 5.55. The highest BCUT2D eigenvalue weighted by molar-refractivity contribution is 5.87. The second-order valence-electron chi connectivity index (χ2n) is 5.55. The molecule has 0 amide bonds. The van der Waals surface area contributed by atoms with Gasteiger partial charge in [0.1, 0.15) is 18.1 Å². The third kappa shape index (κ3) is 4.35. The van der Waals surface area contributed by atoms with Gasteiger partial charge in [0, 0.05) is 23.8 Å². The quantitative estimate of drug-likeness (QED) is 0.428. The van der Waals surface area contributed by atoms with Gasteiger partial charge >= 0.3 is 5.97 Å². The van der Waals surface area contributed by atoms with E-state index in [1.54, 1.807) is 36.4 Å². The van der Waals surface area contributed by atoms with E-state index in [-0.39, 0.29) is 6.61 Å². The van der Waals surface area contributed by atoms with Crippen molar-refractivity contribution in [3.05, 3.63) is 53.9 Å². The van der Waals surface area contributed by atoms with E-state index in [4.69, 9.17) is 27.9 Å². The Bertz CT molecular complexity index is 957. The van der Waals surface area contributed by atoms with Crippen molar-refractivity contribution in [3.8, 4) is 28.8 Å². The Hall–Kier alpha value is -3.68. The molecule has 3 rings (SSSR count). The number of hydrogen-bond acceptors (Lipinski definition) is 8. The lowest BCUT2D eigenvalue weighted by molar-refractivity contribution is -0.139. The molecule has 1 aromatic carbocycles. The predicted molar refractivity (Wildman–Crippen MR) is 99.1 cm³/mol. The molecule has 0 aliphatic rings. The molecule has 0 bridgehead atoms. The minimum Gasteiger partial charge on any atom is -0.496 e. The minimum atomic E-state index is -0.542. The second kappa shape index (κ2) is 8.81. The molecular weight excluding hydrogens is 366 g/mol. The number of benzene rings is 1. The van der Waals surface area contributed by atoms with Gasteiger partial charge in [0.15, 0.2) is 17.3 Å². The molecule has 0 unspecified atom stereocenters. The zero-order chi connectivity index (χ0) is 19.9. The van der Waals surface area contributed by atoms with E-state index in [0.29, 0.717) is 40.0 Å². The molecule has 146 valence electrons. The van der Waals surface area contributed by atoms with Crippen LogP contribution < -0.4 is 14.2 Å². The molecule has 8 nitrogen and oxygen atoms in total. The van der Waals surface area contributed by atoms with Gasteiger partial charge in [0.05, 0.1) is 27.6 Å². The van der Waals surface area contributed by atoms with E-state index in [1.807, 2.05) is 0 Å². The maximum absolute atomic E-state index is 12.0. The van der Waals surface area contributed by atoms with Crippen LogP contribution in [0.2, 0.25) is 0 Å². The smallest absolute Gasteiger partial charge is 0.331 e. The van der Waals surface area contributed by atoms with Crippen molar-refractivity contribution < 1.29 is 32.7 Å². The first kappa shape index (κ1) is 19.1. The maximum atomic E-state index is 12.0. The molecule has 8 heteroatoms. The van der Waals surface area contributed by atoms with Gasteiger partial charge in [-0.3, -0.25) is 0 Å². The van der Waals surface area contributed by atoms with Gasteiger partial charge in [-0.15, -0.1) is 0 Å². The predicted octanol–water partition coefficient (Wildman–Crippen LogP) is 3.72. The van der Waals surface area contributed by atoms with Gasteiger partial charge in [-0.1, -0.05) is 5.16 Å². The Morgan fingerprint density at radius 3 is 2.46 bits per heavy atom. The molecule has 2 aromatic heterocycles. The molecule has 2 heterocycles. The topological polar surface area (TPSA) is 93.2 Å². The van der Waals surface area contributed by atoms with Crippen LogP contribution in [0.5, 0.6) is 17.2 Å². The zero-order valence-corrected chi connectivity index (χ0v) is 15.6. The average Bonchev–Trinajstić information content (AvgIpc) is 3.41. The molecular formula is C20H19NO7. The summed E-state index contributed by atoms with van der Waals surface area (Å²) < 4.78 is 31.4. The summed E-state index contributed by atoms with van der Waals surface area (Å²) in [5.41, 5.74) is 1.11. The summed E-state index contributed by atoms with van der Waals surface area (Å²) >= 11 is 0. The van der Waals surface area contributed by atoms with Crippen LogP contribution in [0.3, 0.4) is 0 Å². The first-order chi connectivity index (χ1) is 13.6. The number of nitrogens with zero attached hydrogens (tertiary/aromatic N) is 1. The van der Waals surface area contributed by atoms with E-state index < -0.39 is 5.97 Å². The fourth-order valence-electron chi connectivity index (χ4n) is 2.45. The summed E-state index contributed by atoms with van der Waals surface area (Å²) in [5.74, 6) is 2.04. The van der Waals surface area contributed by atoms with Crippen molar-refractivity contribution in [2.75, 3.05) is 21.3 Å². The summed E-state index contributed by atoms with van der Waals surface area (Å²) in [6, 6.07) is 8.51. The number of rotatable bonds is 8. The summed E-state index contributed by atoms with van der Waals surface area (Å²) in [6.07, 6.45) is 4.39. The van der Waals surface area contributed by atoms with Crippen molar-refractivity contribution in [1.82, 2.24) is 5.16 Å². The third-order valence-electron chi connectivity index (χ3n) is 3.82. The largest absolute Gasteiger partial charge is 0.496 e. The van der Waals surface area contributed by atoms with Crippen molar-refractivity contribution in [2.24, 2.45) is 0 Å². The number of hydrogen-bond donors (Lipinski definition) is 0. The standard InChI is InChI=1S/C20H19NO7/c1-23-16-11-18(25-3)17(24-2)9-13(16)6-7-20(22)27-12-14-10-19(28-21-14)15-5-4-8-26-15/h4-11H,12H2,1-3H3/b7-6+. The third-order valence-corrected chi connectivity index (χ3v) is 3.82. The van der Waals surface area contributed by atoms with Gasteiger partial charge in [-0.2, -0.15) is 0 Å². The maximum Gasteiger partial charge on any atom is 0.331 e. The summed E-state index contributed by atoms with van der Waals surface area (Å²) in [6.45, 7) is -0.0313. The number of ether oxygens (including phenoxy) is 4. The number of carbonyl (C=O) groups excluding carboxylic acids is 1. The average molecular weight is 385 g/mol. The van der Waals surface area contributed by atoms with Crippen LogP contribution >= 0.6 is 0 Å². The zero-order valence-electron chi connectivity index (χ0n) is 15.6. The molecule has 0 saturated carbocycles. The van der Waals surface area contributed by atoms with Crippen LogP contribution in [0, 0.1) is 0 Å². The molecule has 0 fully saturated rings. The molecule has 0 atom stereocenters. The fraction of sp³-hybridized carbons (Fsp3) is 0.200. The molecule has 0 aliphatic carbocycles. The molecule has 0 radical (unpaired) electrons. The van der Waals surface area contributed by atoms with Gasteiger partial charge in [0.2, 0.25) is 5.76 Å². The SMILES string of the molecule is COc1cc(OC)c(OC)cc1/C=C/C(=O)OCc1cc(-c2ccco2)on1. The van der Waals surface area contributed by atoms with Crippen molar-refractivity contribution in [3.63, 3.8) is 0 Å². The summed E-state index contributed by atoms with van der Waals surface area (Å²) in [4.78, 5) is 12.0. The Morgan fingerprint density at radius 2 is 1.79 bits per heavy atom. The van der Waals surface area contributed by atoms with Gasteiger partial charge in [0.25, 0.3) is 0 Å². The van der Waals surface area contributed by atoms with Crippen molar-refractivity contribution in [1.29, 1.82) is 0 Å². The number of aromatic nitrogens is 1. The van der Waals surface area contributed by atoms with Crippen molar-refractivity contribution in [2.45, 2.75) is 6.61 Å². The van der Waals surface area contributed by atoms with Gasteiger partial charge in [-0.05, 0) is 24.3 Å². The first-order valence-electron chi connectivity index (χ1n) is 8.29. The molecule has 28 heavy (non-hydrogen) atoms. The van der Waals surface area contributed by atoms with Crippen LogP contribution in [-0.2, 0) is 16.1 Å². The lowest BCUT2D eigenvalue weighted by Crippen LogP contribution is -2.01. The number of carbonyl (C=O) groups is 1. The van der Waals surface area contributed by atoms with Crippen LogP contribution in [0.25, 0.3) is 17.6 Å². The molecule has 3 aromatic rings. The Balaban J connectivity index is 1.64. The van der Waals surface area contributed by atoms with Crippen LogP contribution in [-0.4, -0.2) is 32.5 Å². The van der Waals surface area contributed by atoms with Crippen LogP contribution in [0.4, 0.5) is 0 Å². The Labute approximate surface area is 161 Å². The fourth-order valence-corrected chi connectivity index (χ4v) is 2.45. The number of methoxy groups -OCH3 is 3. The summed E-state index contributed by atoms with van der Waals surface area (Å²) in [7, 11) is 4.59. The number of esters is 1. The van der Waals surface area contributed by atoms with Gasteiger partial charge in [-0.25, -0.2) is 4.79 Å². The van der Waals surface area contributed by atoms with Gasteiger partial charge < -0.3 is 27.9 Å². The summed E-state index contributed by atoms with van der Waals surface area (Å²) in [5, 5.41) is 3.84. The molecule has 0 saturated heterocycles. The van der Waals surface area contributed by atoms with E-state index >= 15 is 0 Å².